The lowest BCUT2D eigenvalue weighted by atomic mass is 9.84. The van der Waals surface area contributed by atoms with Crippen LogP contribution < -0.4 is 0 Å². The fourth-order valence-electron chi connectivity index (χ4n) is 2.10. The van der Waals surface area contributed by atoms with Gasteiger partial charge in [0.2, 0.25) is 0 Å². The molecular weight excluding hydrogens is 227 g/mol. The van der Waals surface area contributed by atoms with E-state index in [0.29, 0.717) is 5.56 Å². The third kappa shape index (κ3) is 2.17. The Hall–Kier alpha value is -1.64. The van der Waals surface area contributed by atoms with Crippen LogP contribution in [0.3, 0.4) is 0 Å². The van der Waals surface area contributed by atoms with Gasteiger partial charge >= 0.3 is 0 Å². The molecule has 0 aliphatic carbocycles. The van der Waals surface area contributed by atoms with Gasteiger partial charge in [-0.25, -0.2) is 9.37 Å². The maximum atomic E-state index is 14.2. The molecule has 0 atom stereocenters. The van der Waals surface area contributed by atoms with Crippen molar-refractivity contribution in [2.75, 3.05) is 0 Å². The van der Waals surface area contributed by atoms with Crippen molar-refractivity contribution in [1.29, 1.82) is 0 Å². The van der Waals surface area contributed by atoms with Gasteiger partial charge < -0.3 is 4.57 Å². The van der Waals surface area contributed by atoms with E-state index in [1.54, 1.807) is 12.5 Å². The molecule has 0 amide bonds. The molecule has 2 aromatic rings. The smallest absolute Gasteiger partial charge is 0.129 e. The number of aryl methyl sites for hydroxylation is 2. The highest BCUT2D eigenvalue weighted by Gasteiger charge is 2.21. The van der Waals surface area contributed by atoms with Crippen molar-refractivity contribution in [3.63, 3.8) is 0 Å². The Balaban J connectivity index is 2.66. The second-order valence-corrected chi connectivity index (χ2v) is 5.79. The fraction of sp³-hybridized carbons (Fsp3) is 0.400. The predicted molar refractivity (Wildman–Crippen MR) is 72.0 cm³/mol. The first-order valence-corrected chi connectivity index (χ1v) is 6.08. The van der Waals surface area contributed by atoms with Gasteiger partial charge in [0.1, 0.15) is 5.82 Å². The molecule has 0 bridgehead atoms. The molecule has 0 saturated carbocycles. The highest BCUT2D eigenvalue weighted by atomic mass is 19.1. The third-order valence-electron chi connectivity index (χ3n) is 3.17. The van der Waals surface area contributed by atoms with Crippen LogP contribution in [0.25, 0.3) is 11.3 Å². The zero-order chi connectivity index (χ0) is 13.5. The summed E-state index contributed by atoms with van der Waals surface area (Å²) in [5, 5.41) is 0. The highest BCUT2D eigenvalue weighted by Crippen LogP contribution is 2.31. The van der Waals surface area contributed by atoms with Crippen molar-refractivity contribution < 1.29 is 4.39 Å². The molecule has 0 fully saturated rings. The maximum absolute atomic E-state index is 14.2. The summed E-state index contributed by atoms with van der Waals surface area (Å²) in [6.07, 6.45) is 3.56. The van der Waals surface area contributed by atoms with Gasteiger partial charge in [-0.15, -0.1) is 0 Å². The number of imidazole rings is 1. The van der Waals surface area contributed by atoms with Crippen molar-refractivity contribution in [1.82, 2.24) is 9.55 Å². The third-order valence-corrected chi connectivity index (χ3v) is 3.17. The van der Waals surface area contributed by atoms with Crippen LogP contribution in [-0.2, 0) is 12.5 Å². The molecule has 1 aromatic carbocycles. The summed E-state index contributed by atoms with van der Waals surface area (Å²) in [5.74, 6) is -0.103. The number of aromatic nitrogens is 2. The second-order valence-electron chi connectivity index (χ2n) is 5.79. The van der Waals surface area contributed by atoms with Crippen LogP contribution in [0.1, 0.15) is 31.9 Å². The SMILES string of the molecule is Cc1cc(-c2cncn2C)cc(C(C)(C)C)c1F. The molecule has 18 heavy (non-hydrogen) atoms. The van der Waals surface area contributed by atoms with Crippen LogP contribution in [0.15, 0.2) is 24.7 Å². The number of rotatable bonds is 1. The number of nitrogens with zero attached hydrogens (tertiary/aromatic N) is 2. The lowest BCUT2D eigenvalue weighted by molar-refractivity contribution is 0.519. The lowest BCUT2D eigenvalue weighted by Gasteiger charge is -2.22. The van der Waals surface area contributed by atoms with E-state index < -0.39 is 0 Å². The van der Waals surface area contributed by atoms with E-state index in [1.165, 1.54) is 0 Å². The summed E-state index contributed by atoms with van der Waals surface area (Å²) >= 11 is 0. The van der Waals surface area contributed by atoms with Crippen molar-refractivity contribution >= 4 is 0 Å². The molecule has 0 saturated heterocycles. The maximum Gasteiger partial charge on any atom is 0.129 e. The van der Waals surface area contributed by atoms with Gasteiger partial charge in [-0.3, -0.25) is 0 Å². The molecule has 2 rings (SSSR count). The van der Waals surface area contributed by atoms with Gasteiger partial charge in [-0.05, 0) is 35.6 Å². The summed E-state index contributed by atoms with van der Waals surface area (Å²) < 4.78 is 16.1. The molecule has 0 spiro atoms. The molecule has 0 N–H and O–H groups in total. The number of halogens is 1. The van der Waals surface area contributed by atoms with Crippen LogP contribution in [0.4, 0.5) is 4.39 Å². The van der Waals surface area contributed by atoms with E-state index in [9.17, 15) is 4.39 Å². The molecule has 3 heteroatoms. The van der Waals surface area contributed by atoms with E-state index in [1.807, 2.05) is 51.4 Å². The summed E-state index contributed by atoms with van der Waals surface area (Å²) in [5.41, 5.74) is 3.24. The van der Waals surface area contributed by atoms with Crippen LogP contribution in [0, 0.1) is 12.7 Å². The van der Waals surface area contributed by atoms with Gasteiger partial charge in [0, 0.05) is 12.6 Å². The largest absolute Gasteiger partial charge is 0.334 e. The van der Waals surface area contributed by atoms with Gasteiger partial charge in [0.15, 0.2) is 0 Å². The van der Waals surface area contributed by atoms with Gasteiger partial charge in [0.25, 0.3) is 0 Å². The first-order valence-electron chi connectivity index (χ1n) is 6.08. The molecule has 0 unspecified atom stereocenters. The van der Waals surface area contributed by atoms with E-state index >= 15 is 0 Å². The molecule has 0 radical (unpaired) electrons. The molecular formula is C15H19FN2. The standard InChI is InChI=1S/C15H19FN2/c1-10-6-11(13-8-17-9-18(13)5)7-12(14(10)16)15(2,3)4/h6-9H,1-5H3. The van der Waals surface area contributed by atoms with Crippen LogP contribution in [-0.4, -0.2) is 9.55 Å². The minimum atomic E-state index is -0.205. The van der Waals surface area contributed by atoms with Crippen molar-refractivity contribution in [3.05, 3.63) is 41.6 Å². The first-order chi connectivity index (χ1) is 8.30. The van der Waals surface area contributed by atoms with Crippen molar-refractivity contribution in [3.8, 4) is 11.3 Å². The van der Waals surface area contributed by atoms with Crippen LogP contribution in [0.5, 0.6) is 0 Å². The summed E-state index contributed by atoms with van der Waals surface area (Å²) in [7, 11) is 1.94. The molecule has 1 aromatic heterocycles. The Morgan fingerprint density at radius 1 is 1.22 bits per heavy atom. The van der Waals surface area contributed by atoms with E-state index in [2.05, 4.69) is 4.98 Å². The first kappa shape index (κ1) is 12.8. The fourth-order valence-corrected chi connectivity index (χ4v) is 2.10. The Morgan fingerprint density at radius 2 is 1.89 bits per heavy atom. The Bertz CT molecular complexity index is 577. The van der Waals surface area contributed by atoms with Crippen molar-refractivity contribution in [2.24, 2.45) is 7.05 Å². The van der Waals surface area contributed by atoms with Crippen LogP contribution >= 0.6 is 0 Å². The van der Waals surface area contributed by atoms with Gasteiger partial charge in [-0.2, -0.15) is 0 Å². The van der Waals surface area contributed by atoms with Crippen molar-refractivity contribution in [2.45, 2.75) is 33.1 Å². The average molecular weight is 246 g/mol. The quantitative estimate of drug-likeness (QED) is 0.747. The monoisotopic (exact) mass is 246 g/mol. The minimum Gasteiger partial charge on any atom is -0.334 e. The van der Waals surface area contributed by atoms with E-state index in [-0.39, 0.29) is 11.2 Å². The molecule has 0 aliphatic heterocycles. The van der Waals surface area contributed by atoms with Crippen LogP contribution in [0.2, 0.25) is 0 Å². The minimum absolute atomic E-state index is 0.103. The number of hydrogen-bond acceptors (Lipinski definition) is 1. The second kappa shape index (κ2) is 4.23. The lowest BCUT2D eigenvalue weighted by Crippen LogP contribution is -2.14. The zero-order valence-corrected chi connectivity index (χ0v) is 11.6. The number of hydrogen-bond donors (Lipinski definition) is 0. The Morgan fingerprint density at radius 3 is 2.39 bits per heavy atom. The topological polar surface area (TPSA) is 17.8 Å². The molecule has 96 valence electrons. The molecule has 1 heterocycles. The summed E-state index contributed by atoms with van der Waals surface area (Å²) in [4.78, 5) is 4.11. The molecule has 0 aliphatic rings. The highest BCUT2D eigenvalue weighted by molar-refractivity contribution is 5.62. The normalized spacial score (nSPS) is 11.9. The Kier molecular flexibility index (Phi) is 3.01. The Labute approximate surface area is 107 Å². The van der Waals surface area contributed by atoms with Gasteiger partial charge in [-0.1, -0.05) is 20.8 Å². The van der Waals surface area contributed by atoms with E-state index in [4.69, 9.17) is 0 Å². The summed E-state index contributed by atoms with van der Waals surface area (Å²) in [6, 6.07) is 3.81. The summed E-state index contributed by atoms with van der Waals surface area (Å²) in [6.45, 7) is 7.89. The zero-order valence-electron chi connectivity index (χ0n) is 11.6. The molecule has 2 nitrogen and oxygen atoms in total. The predicted octanol–water partition coefficient (Wildman–Crippen LogP) is 3.83. The number of benzene rings is 1. The van der Waals surface area contributed by atoms with Gasteiger partial charge in [0.05, 0.1) is 18.2 Å². The average Bonchev–Trinajstić information content (AvgIpc) is 2.66. The van der Waals surface area contributed by atoms with E-state index in [0.717, 1.165) is 16.8 Å².